The van der Waals surface area contributed by atoms with Crippen molar-refractivity contribution < 1.29 is 12.8 Å². The number of nitrogens with two attached hydrogens (primary N) is 1. The normalized spacial score (nSPS) is 17.9. The zero-order valence-electron chi connectivity index (χ0n) is 19.3. The van der Waals surface area contributed by atoms with E-state index in [2.05, 4.69) is 25.5 Å². The van der Waals surface area contributed by atoms with Gasteiger partial charge in [-0.25, -0.2) is 22.8 Å². The number of hydrogen-bond acceptors (Lipinski definition) is 9. The van der Waals surface area contributed by atoms with Crippen LogP contribution in [0.4, 0.5) is 10.2 Å². The van der Waals surface area contributed by atoms with Crippen molar-refractivity contribution in [2.24, 2.45) is 0 Å². The molecule has 0 saturated heterocycles. The average molecular weight is 511 g/mol. The molecule has 0 aliphatic carbocycles. The minimum Gasteiger partial charge on any atom is -0.382 e. The van der Waals surface area contributed by atoms with E-state index in [0.717, 1.165) is 17.7 Å². The Morgan fingerprint density at radius 3 is 2.49 bits per heavy atom. The third-order valence-electron chi connectivity index (χ3n) is 6.18. The summed E-state index contributed by atoms with van der Waals surface area (Å²) in [5.74, 6) is 0.189. The molecule has 0 spiro atoms. The molecule has 3 N–H and O–H groups in total. The molecule has 0 fully saturated rings. The Hall–Kier alpha value is -3.28. The zero-order chi connectivity index (χ0) is 25.0. The van der Waals surface area contributed by atoms with E-state index in [9.17, 15) is 8.42 Å². The molecule has 1 atom stereocenters. The maximum absolute atomic E-state index is 15.1. The summed E-state index contributed by atoms with van der Waals surface area (Å²) in [5, 5.41) is 12.9. The summed E-state index contributed by atoms with van der Waals surface area (Å²) >= 11 is 1.34. The number of aromatic nitrogens is 4. The summed E-state index contributed by atoms with van der Waals surface area (Å²) in [6.07, 6.45) is -0.168. The second-order valence-electron chi connectivity index (χ2n) is 8.85. The third kappa shape index (κ3) is 3.79. The number of nitrogen functional groups attached to an aromatic ring is 1. The van der Waals surface area contributed by atoms with E-state index in [-0.39, 0.29) is 16.3 Å². The van der Waals surface area contributed by atoms with E-state index in [1.165, 1.54) is 43.5 Å². The number of fused-ring (bicyclic) bond motifs is 1. The standard InChI is InChI=1S/C24H23FN6O2S2/c1-24(2)20(25)16-10-15(8-9-18(16)35(24,32)33)17-12-28-21(26)19(29-17)23-31-30-22(34-23)14-6-4-13(5-7-14)11-27-3/h4-10,12,20,27H,11H2,1-3H3,(H2,26,28). The molecule has 0 bridgehead atoms. The highest BCUT2D eigenvalue weighted by Crippen LogP contribution is 2.49. The Balaban J connectivity index is 1.50. The van der Waals surface area contributed by atoms with Gasteiger partial charge in [-0.3, -0.25) is 0 Å². The number of sulfone groups is 1. The van der Waals surface area contributed by atoms with Crippen LogP contribution in [0.1, 0.15) is 31.1 Å². The first kappa shape index (κ1) is 23.5. The lowest BCUT2D eigenvalue weighted by molar-refractivity contribution is 0.284. The van der Waals surface area contributed by atoms with E-state index >= 15 is 4.39 Å². The number of alkyl halides is 1. The summed E-state index contributed by atoms with van der Waals surface area (Å²) in [4.78, 5) is 8.88. The van der Waals surface area contributed by atoms with E-state index in [4.69, 9.17) is 5.73 Å². The van der Waals surface area contributed by atoms with Gasteiger partial charge in [0.05, 0.1) is 16.8 Å². The van der Waals surface area contributed by atoms with Gasteiger partial charge in [-0.15, -0.1) is 10.2 Å². The van der Waals surface area contributed by atoms with Crippen LogP contribution in [0.2, 0.25) is 0 Å². The lowest BCUT2D eigenvalue weighted by atomic mass is 9.98. The van der Waals surface area contributed by atoms with E-state index in [1.54, 1.807) is 6.07 Å². The van der Waals surface area contributed by atoms with Crippen LogP contribution in [-0.4, -0.2) is 40.4 Å². The maximum atomic E-state index is 15.1. The van der Waals surface area contributed by atoms with Crippen molar-refractivity contribution in [2.75, 3.05) is 12.8 Å². The van der Waals surface area contributed by atoms with Gasteiger partial charge in [0.15, 0.2) is 20.7 Å². The van der Waals surface area contributed by atoms with Crippen LogP contribution >= 0.6 is 11.3 Å². The van der Waals surface area contributed by atoms with Crippen LogP contribution in [0.25, 0.3) is 32.5 Å². The van der Waals surface area contributed by atoms with Crippen molar-refractivity contribution in [3.63, 3.8) is 0 Å². The van der Waals surface area contributed by atoms with Gasteiger partial charge in [0, 0.05) is 23.2 Å². The highest BCUT2D eigenvalue weighted by atomic mass is 32.2. The fraction of sp³-hybridized carbons (Fsp3) is 0.250. The summed E-state index contributed by atoms with van der Waals surface area (Å²) in [6, 6.07) is 12.6. The smallest absolute Gasteiger partial charge is 0.187 e. The molecule has 180 valence electrons. The first-order valence-corrected chi connectivity index (χ1v) is 13.2. The first-order valence-electron chi connectivity index (χ1n) is 10.9. The Labute approximate surface area is 206 Å². The van der Waals surface area contributed by atoms with Gasteiger partial charge in [-0.05, 0) is 38.6 Å². The molecular formula is C24H23FN6O2S2. The summed E-state index contributed by atoms with van der Waals surface area (Å²) in [5.41, 5.74) is 9.65. The molecular weight excluding hydrogens is 487 g/mol. The number of halogens is 1. The number of hydrogen-bond donors (Lipinski definition) is 2. The van der Waals surface area contributed by atoms with Crippen LogP contribution < -0.4 is 11.1 Å². The lowest BCUT2D eigenvalue weighted by Gasteiger charge is -2.19. The fourth-order valence-electron chi connectivity index (χ4n) is 4.04. The molecule has 4 aromatic rings. The molecule has 35 heavy (non-hydrogen) atoms. The molecule has 11 heteroatoms. The van der Waals surface area contributed by atoms with Crippen LogP contribution in [0.15, 0.2) is 53.6 Å². The van der Waals surface area contributed by atoms with Crippen LogP contribution in [0.3, 0.4) is 0 Å². The van der Waals surface area contributed by atoms with Crippen LogP contribution in [0, 0.1) is 0 Å². The molecule has 2 aromatic heterocycles. The zero-order valence-corrected chi connectivity index (χ0v) is 20.9. The predicted octanol–water partition coefficient (Wildman–Crippen LogP) is 4.21. The lowest BCUT2D eigenvalue weighted by Crippen LogP contribution is -2.30. The second-order valence-corrected chi connectivity index (χ2v) is 12.3. The molecule has 0 saturated carbocycles. The van der Waals surface area contributed by atoms with Crippen molar-refractivity contribution in [3.05, 3.63) is 59.8 Å². The summed E-state index contributed by atoms with van der Waals surface area (Å²) in [6.45, 7) is 3.57. The summed E-state index contributed by atoms with van der Waals surface area (Å²) in [7, 11) is -1.88. The van der Waals surface area contributed by atoms with Crippen molar-refractivity contribution >= 4 is 27.0 Å². The molecule has 1 aliphatic heterocycles. The molecule has 2 aromatic carbocycles. The third-order valence-corrected chi connectivity index (χ3v) is 9.70. The van der Waals surface area contributed by atoms with Crippen molar-refractivity contribution in [2.45, 2.75) is 36.2 Å². The van der Waals surface area contributed by atoms with Crippen molar-refractivity contribution in [1.82, 2.24) is 25.5 Å². The maximum Gasteiger partial charge on any atom is 0.187 e. The highest BCUT2D eigenvalue weighted by molar-refractivity contribution is 7.93. The quantitative estimate of drug-likeness (QED) is 0.409. The predicted molar refractivity (Wildman–Crippen MR) is 134 cm³/mol. The first-order chi connectivity index (χ1) is 16.6. The Morgan fingerprint density at radius 2 is 1.77 bits per heavy atom. The van der Waals surface area contributed by atoms with Crippen molar-refractivity contribution in [1.29, 1.82) is 0 Å². The molecule has 1 unspecified atom stereocenters. The van der Waals surface area contributed by atoms with E-state index < -0.39 is 20.8 Å². The van der Waals surface area contributed by atoms with Crippen molar-refractivity contribution in [3.8, 4) is 32.5 Å². The second kappa shape index (κ2) is 8.43. The largest absolute Gasteiger partial charge is 0.382 e. The molecule has 5 rings (SSSR count). The van der Waals surface area contributed by atoms with Gasteiger partial charge in [0.1, 0.15) is 21.6 Å². The number of nitrogens with zero attached hydrogens (tertiary/aromatic N) is 4. The van der Waals surface area contributed by atoms with Gasteiger partial charge in [-0.1, -0.05) is 41.7 Å². The van der Waals surface area contributed by atoms with Crippen LogP contribution in [0.5, 0.6) is 0 Å². The van der Waals surface area contributed by atoms with Gasteiger partial charge in [0.25, 0.3) is 0 Å². The average Bonchev–Trinajstić information content (AvgIpc) is 3.38. The van der Waals surface area contributed by atoms with Gasteiger partial charge >= 0.3 is 0 Å². The number of rotatable bonds is 5. The molecule has 3 heterocycles. The SMILES string of the molecule is CNCc1ccc(-c2nnc(-c3nc(-c4ccc5c(c4)C(F)C(C)(C)S5(=O)=O)cnc3N)s2)cc1. The number of nitrogens with one attached hydrogen (secondary N) is 1. The van der Waals surface area contributed by atoms with E-state index in [1.807, 2.05) is 31.3 Å². The Bertz CT molecular complexity index is 1530. The molecule has 8 nitrogen and oxygen atoms in total. The molecule has 1 aliphatic rings. The minimum atomic E-state index is -3.77. The van der Waals surface area contributed by atoms with Crippen LogP contribution in [-0.2, 0) is 16.4 Å². The monoisotopic (exact) mass is 510 g/mol. The van der Waals surface area contributed by atoms with Gasteiger partial charge in [-0.2, -0.15) is 0 Å². The van der Waals surface area contributed by atoms with Gasteiger partial charge in [0.2, 0.25) is 0 Å². The Morgan fingerprint density at radius 1 is 1.09 bits per heavy atom. The fourth-order valence-corrected chi connectivity index (χ4v) is 6.58. The summed E-state index contributed by atoms with van der Waals surface area (Å²) < 4.78 is 39.0. The minimum absolute atomic E-state index is 0.0110. The number of anilines is 1. The van der Waals surface area contributed by atoms with E-state index in [0.29, 0.717) is 27.0 Å². The topological polar surface area (TPSA) is 124 Å². The number of benzene rings is 2. The molecule has 0 radical (unpaired) electrons. The molecule has 0 amide bonds. The Kier molecular flexibility index (Phi) is 5.65. The highest BCUT2D eigenvalue weighted by Gasteiger charge is 2.52. The van der Waals surface area contributed by atoms with Gasteiger partial charge < -0.3 is 11.1 Å².